The van der Waals surface area contributed by atoms with Gasteiger partial charge in [0, 0.05) is 6.42 Å². The van der Waals surface area contributed by atoms with Crippen LogP contribution in [0, 0.1) is 23.2 Å². The molecule has 0 heterocycles. The van der Waals surface area contributed by atoms with Crippen LogP contribution in [0.4, 0.5) is 0 Å². The second-order valence-corrected chi connectivity index (χ2v) is 11.3. The lowest BCUT2D eigenvalue weighted by Gasteiger charge is -2.44. The van der Waals surface area contributed by atoms with E-state index in [1.165, 1.54) is 38.5 Å². The number of aliphatic hydroxyl groups excluding tert-OH is 2. The van der Waals surface area contributed by atoms with Gasteiger partial charge >= 0.3 is 0 Å². The lowest BCUT2D eigenvalue weighted by Crippen LogP contribution is -2.36. The molecule has 0 amide bonds. The largest absolute Gasteiger partial charge is 0.393 e. The molecule has 3 N–H and O–H groups in total. The minimum Gasteiger partial charge on any atom is -0.393 e. The Labute approximate surface area is 184 Å². The zero-order valence-corrected chi connectivity index (χ0v) is 19.7. The fraction of sp³-hybridized carbons (Fsp3) is 0.778. The van der Waals surface area contributed by atoms with Crippen molar-refractivity contribution in [1.29, 1.82) is 0 Å². The quantitative estimate of drug-likeness (QED) is 0.520. The Bertz CT molecular complexity index is 683. The summed E-state index contributed by atoms with van der Waals surface area (Å²) in [5, 5.41) is 30.2. The zero-order chi connectivity index (χ0) is 22.1. The molecular formula is C27H44O3. The average Bonchev–Trinajstić information content (AvgIpc) is 3.00. The van der Waals surface area contributed by atoms with Crippen LogP contribution in [0.2, 0.25) is 0 Å². The van der Waals surface area contributed by atoms with Crippen LogP contribution in [0.3, 0.4) is 0 Å². The van der Waals surface area contributed by atoms with Gasteiger partial charge in [0.25, 0.3) is 0 Å². The molecule has 0 radical (unpaired) electrons. The Kier molecular flexibility index (Phi) is 7.37. The Hall–Kier alpha value is -0.900. The summed E-state index contributed by atoms with van der Waals surface area (Å²) in [7, 11) is 0. The molecule has 30 heavy (non-hydrogen) atoms. The van der Waals surface area contributed by atoms with Crippen molar-refractivity contribution in [1.82, 2.24) is 0 Å². The number of hydrogen-bond donors (Lipinski definition) is 3. The molecule has 0 aliphatic heterocycles. The van der Waals surface area contributed by atoms with E-state index in [9.17, 15) is 15.3 Å². The highest BCUT2D eigenvalue weighted by molar-refractivity contribution is 5.38. The first-order chi connectivity index (χ1) is 14.0. The number of fused-ring (bicyclic) bond motifs is 1. The maximum absolute atomic E-state index is 10.1. The molecule has 0 spiro atoms. The van der Waals surface area contributed by atoms with Crippen LogP contribution in [0.15, 0.2) is 35.5 Å². The van der Waals surface area contributed by atoms with Crippen molar-refractivity contribution >= 4 is 0 Å². The average molecular weight is 417 g/mol. The third-order valence-corrected chi connectivity index (χ3v) is 8.44. The van der Waals surface area contributed by atoms with Gasteiger partial charge in [0.2, 0.25) is 0 Å². The number of aliphatic hydroxyl groups is 3. The molecular weight excluding hydrogens is 372 g/mol. The zero-order valence-electron chi connectivity index (χ0n) is 19.7. The van der Waals surface area contributed by atoms with Gasteiger partial charge in [-0.3, -0.25) is 0 Å². The first kappa shape index (κ1) is 23.8. The Balaban J connectivity index is 1.70. The molecule has 3 rings (SSSR count). The minimum absolute atomic E-state index is 0.374. The highest BCUT2D eigenvalue weighted by Gasteiger charge is 2.50. The summed E-state index contributed by atoms with van der Waals surface area (Å²) >= 11 is 0. The normalized spacial score (nSPS) is 38.8. The van der Waals surface area contributed by atoms with Gasteiger partial charge in [-0.25, -0.2) is 0 Å². The molecule has 3 nitrogen and oxygen atoms in total. The van der Waals surface area contributed by atoms with Gasteiger partial charge in [0.1, 0.15) is 0 Å². The molecule has 3 aliphatic carbocycles. The second kappa shape index (κ2) is 9.30. The van der Waals surface area contributed by atoms with E-state index in [1.54, 1.807) is 5.57 Å². The molecule has 2 unspecified atom stereocenters. The second-order valence-electron chi connectivity index (χ2n) is 11.3. The number of hydrogen-bond acceptors (Lipinski definition) is 3. The van der Waals surface area contributed by atoms with E-state index in [0.717, 1.165) is 29.9 Å². The van der Waals surface area contributed by atoms with E-state index in [4.69, 9.17) is 0 Å². The van der Waals surface area contributed by atoms with Crippen molar-refractivity contribution in [3.63, 3.8) is 0 Å². The van der Waals surface area contributed by atoms with Crippen molar-refractivity contribution < 1.29 is 15.3 Å². The molecule has 0 aromatic carbocycles. The summed E-state index contributed by atoms with van der Waals surface area (Å²) in [5.74, 6) is 2.11. The molecule has 0 bridgehead atoms. The molecule has 3 heteroatoms. The fourth-order valence-electron chi connectivity index (χ4n) is 6.74. The molecule has 0 aromatic heterocycles. The Morgan fingerprint density at radius 1 is 1.23 bits per heavy atom. The van der Waals surface area contributed by atoms with Crippen molar-refractivity contribution in [2.45, 2.75) is 110 Å². The molecule has 170 valence electrons. The van der Waals surface area contributed by atoms with Gasteiger partial charge in [-0.1, -0.05) is 51.0 Å². The van der Waals surface area contributed by atoms with Crippen molar-refractivity contribution in [2.24, 2.45) is 23.2 Å². The summed E-state index contributed by atoms with van der Waals surface area (Å²) in [4.78, 5) is 0. The van der Waals surface area contributed by atoms with Gasteiger partial charge in [0.15, 0.2) is 0 Å². The fourth-order valence-corrected chi connectivity index (χ4v) is 6.74. The van der Waals surface area contributed by atoms with E-state index in [1.807, 2.05) is 13.8 Å². The highest BCUT2D eigenvalue weighted by Crippen LogP contribution is 2.60. The number of rotatable bonds is 6. The summed E-state index contributed by atoms with van der Waals surface area (Å²) in [5.41, 5.74) is 3.17. The Morgan fingerprint density at radius 3 is 2.67 bits per heavy atom. The van der Waals surface area contributed by atoms with Crippen molar-refractivity contribution in [2.75, 3.05) is 0 Å². The summed E-state index contributed by atoms with van der Waals surface area (Å²) in [6, 6.07) is 0. The van der Waals surface area contributed by atoms with E-state index in [2.05, 4.69) is 32.6 Å². The van der Waals surface area contributed by atoms with Gasteiger partial charge in [0.05, 0.1) is 17.8 Å². The van der Waals surface area contributed by atoms with Crippen molar-refractivity contribution in [3.8, 4) is 0 Å². The smallest absolute Gasteiger partial charge is 0.0811 e. The molecule has 3 aliphatic rings. The predicted octanol–water partition coefficient (Wildman–Crippen LogP) is 5.70. The maximum atomic E-state index is 10.1. The lowest BCUT2D eigenvalue weighted by atomic mass is 9.60. The third kappa shape index (κ3) is 5.29. The van der Waals surface area contributed by atoms with Gasteiger partial charge in [-0.15, -0.1) is 0 Å². The van der Waals surface area contributed by atoms with Crippen LogP contribution >= 0.6 is 0 Å². The van der Waals surface area contributed by atoms with Crippen LogP contribution in [0.5, 0.6) is 0 Å². The first-order valence-electron chi connectivity index (χ1n) is 12.2. The van der Waals surface area contributed by atoms with Crippen LogP contribution in [0.1, 0.15) is 91.9 Å². The summed E-state index contributed by atoms with van der Waals surface area (Å²) in [6.45, 7) is 12.8. The van der Waals surface area contributed by atoms with Crippen LogP contribution in [0.25, 0.3) is 0 Å². The standard InChI is InChI=1S/C27H44O3/c1-18(8-6-14-26(3,4)30)23-12-13-24-20(9-7-15-27(23,24)5)10-11-21-16-22(28)17-25(29)19(21)2/h10-11,18,22-25,28-30H,2,6-9,12-17H2,1,3-5H3/b20-10+,21-11-/t18?,22-,23+,24-,25?,27-/m0/s1. The van der Waals surface area contributed by atoms with Crippen LogP contribution in [-0.4, -0.2) is 33.1 Å². The molecule has 6 atom stereocenters. The molecule has 0 saturated heterocycles. The SMILES string of the molecule is C=C1/C(=C\C=C2/CCC[C@@]3(C)[C@@H](C(C)CCCC(C)(C)O)CC[C@@H]23)C[C@H](O)CC1O. The Morgan fingerprint density at radius 2 is 1.97 bits per heavy atom. The summed E-state index contributed by atoms with van der Waals surface area (Å²) < 4.78 is 0. The highest BCUT2D eigenvalue weighted by atomic mass is 16.3. The lowest BCUT2D eigenvalue weighted by molar-refractivity contribution is 0.0596. The van der Waals surface area contributed by atoms with Crippen LogP contribution in [-0.2, 0) is 0 Å². The van der Waals surface area contributed by atoms with Crippen LogP contribution < -0.4 is 0 Å². The monoisotopic (exact) mass is 416 g/mol. The topological polar surface area (TPSA) is 60.7 Å². The number of allylic oxidation sites excluding steroid dienone is 3. The predicted molar refractivity (Wildman–Crippen MR) is 124 cm³/mol. The molecule has 3 fully saturated rings. The van der Waals surface area contributed by atoms with E-state index in [-0.39, 0.29) is 0 Å². The maximum Gasteiger partial charge on any atom is 0.0811 e. The third-order valence-electron chi connectivity index (χ3n) is 8.44. The van der Waals surface area contributed by atoms with Gasteiger partial charge in [-0.2, -0.15) is 0 Å². The van der Waals surface area contributed by atoms with E-state index < -0.39 is 17.8 Å². The van der Waals surface area contributed by atoms with Gasteiger partial charge in [-0.05, 0) is 93.1 Å². The van der Waals surface area contributed by atoms with E-state index in [0.29, 0.717) is 30.1 Å². The molecule has 3 saturated carbocycles. The van der Waals surface area contributed by atoms with E-state index >= 15 is 0 Å². The first-order valence-corrected chi connectivity index (χ1v) is 12.2. The minimum atomic E-state index is -0.615. The van der Waals surface area contributed by atoms with Crippen molar-refractivity contribution in [3.05, 3.63) is 35.5 Å². The summed E-state index contributed by atoms with van der Waals surface area (Å²) in [6.07, 6.45) is 13.9. The molecule has 0 aromatic rings. The van der Waals surface area contributed by atoms with Gasteiger partial charge < -0.3 is 15.3 Å².